The largest absolute Gasteiger partial charge is 0.381 e. The highest BCUT2D eigenvalue weighted by Crippen LogP contribution is 2.28. The van der Waals surface area contributed by atoms with Crippen molar-refractivity contribution in [3.05, 3.63) is 30.3 Å². The molecule has 0 unspecified atom stereocenters. The lowest BCUT2D eigenvalue weighted by atomic mass is 10.1. The van der Waals surface area contributed by atoms with E-state index in [1.165, 1.54) is 17.9 Å². The molecule has 1 aromatic rings. The van der Waals surface area contributed by atoms with Crippen molar-refractivity contribution < 1.29 is 14.3 Å². The van der Waals surface area contributed by atoms with Crippen molar-refractivity contribution in [3.63, 3.8) is 0 Å². The molecule has 2 aliphatic rings. The molecule has 0 saturated heterocycles. The Morgan fingerprint density at radius 3 is 2.72 bits per heavy atom. The van der Waals surface area contributed by atoms with Gasteiger partial charge in [-0.1, -0.05) is 18.2 Å². The molecule has 7 nitrogen and oxygen atoms in total. The summed E-state index contributed by atoms with van der Waals surface area (Å²) in [5, 5.41) is 8.67. The molecule has 1 heterocycles. The number of nitrogens with two attached hydrogens (primary N) is 1. The second-order valence-electron chi connectivity index (χ2n) is 6.48. The van der Waals surface area contributed by atoms with Gasteiger partial charge in [-0.05, 0) is 37.3 Å². The van der Waals surface area contributed by atoms with E-state index in [9.17, 15) is 9.59 Å². The monoisotopic (exact) mass is 344 g/mol. The molecule has 1 aliphatic heterocycles. The first-order valence-corrected chi connectivity index (χ1v) is 8.72. The van der Waals surface area contributed by atoms with Gasteiger partial charge < -0.3 is 15.8 Å². The van der Waals surface area contributed by atoms with Crippen molar-refractivity contribution in [2.75, 3.05) is 24.8 Å². The third-order valence-corrected chi connectivity index (χ3v) is 4.32. The fourth-order valence-corrected chi connectivity index (χ4v) is 2.70. The van der Waals surface area contributed by atoms with E-state index in [1.807, 2.05) is 30.3 Å². The predicted octanol–water partition coefficient (Wildman–Crippen LogP) is 1.04. The molecule has 3 N–H and O–H groups in total. The summed E-state index contributed by atoms with van der Waals surface area (Å²) < 4.78 is 5.54. The number of anilines is 1. The number of primary amides is 1. The van der Waals surface area contributed by atoms with Crippen LogP contribution in [0.3, 0.4) is 0 Å². The molecule has 7 heteroatoms. The molecular weight excluding hydrogens is 320 g/mol. The maximum Gasteiger partial charge on any atom is 0.267 e. The van der Waals surface area contributed by atoms with Crippen LogP contribution in [0.2, 0.25) is 0 Å². The van der Waals surface area contributed by atoms with Gasteiger partial charge in [0.1, 0.15) is 11.8 Å². The molecule has 0 spiro atoms. The highest BCUT2D eigenvalue weighted by molar-refractivity contribution is 6.40. The van der Waals surface area contributed by atoms with E-state index in [4.69, 9.17) is 10.5 Å². The Balaban J connectivity index is 1.50. The second kappa shape index (κ2) is 8.11. The summed E-state index contributed by atoms with van der Waals surface area (Å²) in [7, 11) is 0. The zero-order valence-electron chi connectivity index (χ0n) is 14.2. The quantitative estimate of drug-likeness (QED) is 0.654. The number of nitrogens with zero attached hydrogens (tertiary/aromatic N) is 2. The van der Waals surface area contributed by atoms with E-state index in [-0.39, 0.29) is 12.3 Å². The van der Waals surface area contributed by atoms with Gasteiger partial charge in [0.15, 0.2) is 0 Å². The summed E-state index contributed by atoms with van der Waals surface area (Å²) in [6, 6.07) is 8.60. The Labute approximate surface area is 147 Å². The lowest BCUT2D eigenvalue weighted by Crippen LogP contribution is -2.40. The molecule has 1 aliphatic carbocycles. The number of ether oxygens (including phenoxy) is 1. The van der Waals surface area contributed by atoms with E-state index < -0.39 is 11.9 Å². The average molecular weight is 344 g/mol. The average Bonchev–Trinajstić information content (AvgIpc) is 3.33. The molecule has 1 atom stereocenters. The molecule has 1 saturated carbocycles. The van der Waals surface area contributed by atoms with Crippen LogP contribution in [0.5, 0.6) is 0 Å². The molecule has 0 aromatic heterocycles. The predicted molar refractivity (Wildman–Crippen MR) is 95.1 cm³/mol. The number of rotatable bonds is 9. The molecule has 134 valence electrons. The Hall–Kier alpha value is -2.41. The lowest BCUT2D eigenvalue weighted by Gasteiger charge is -2.20. The van der Waals surface area contributed by atoms with Crippen molar-refractivity contribution in [3.8, 4) is 0 Å². The van der Waals surface area contributed by atoms with Crippen molar-refractivity contribution in [2.45, 2.75) is 31.7 Å². The number of hydrogen-bond donors (Lipinski definition) is 2. The number of carbonyl (C=O) groups excluding carboxylic acids is 2. The lowest BCUT2D eigenvalue weighted by molar-refractivity contribution is -0.119. The minimum atomic E-state index is -0.634. The minimum Gasteiger partial charge on any atom is -0.381 e. The van der Waals surface area contributed by atoms with Gasteiger partial charge in [0.05, 0.1) is 5.69 Å². The topological polar surface area (TPSA) is 97.0 Å². The molecule has 3 rings (SSSR count). The molecule has 1 fully saturated rings. The van der Waals surface area contributed by atoms with Crippen LogP contribution in [0.25, 0.3) is 0 Å². The SMILES string of the molecule is NC(=O)[C@@H]1CC(C(=O)NCCCOCC2CC2)=NN1c1ccccc1. The van der Waals surface area contributed by atoms with Crippen LogP contribution < -0.4 is 16.1 Å². The van der Waals surface area contributed by atoms with Gasteiger partial charge in [-0.15, -0.1) is 0 Å². The maximum absolute atomic E-state index is 12.3. The van der Waals surface area contributed by atoms with E-state index in [2.05, 4.69) is 10.4 Å². The Bertz CT molecular complexity index is 643. The Morgan fingerprint density at radius 2 is 2.04 bits per heavy atom. The van der Waals surface area contributed by atoms with Gasteiger partial charge in [-0.2, -0.15) is 5.10 Å². The second-order valence-corrected chi connectivity index (χ2v) is 6.48. The molecule has 1 aromatic carbocycles. The zero-order valence-corrected chi connectivity index (χ0v) is 14.2. The van der Waals surface area contributed by atoms with Crippen LogP contribution in [-0.2, 0) is 14.3 Å². The van der Waals surface area contributed by atoms with Crippen molar-refractivity contribution in [1.29, 1.82) is 0 Å². The van der Waals surface area contributed by atoms with Crippen LogP contribution in [0.1, 0.15) is 25.7 Å². The highest BCUT2D eigenvalue weighted by atomic mass is 16.5. The van der Waals surface area contributed by atoms with E-state index in [1.54, 1.807) is 0 Å². The van der Waals surface area contributed by atoms with Crippen LogP contribution >= 0.6 is 0 Å². The summed E-state index contributed by atoms with van der Waals surface area (Å²) in [5.41, 5.74) is 6.53. The van der Waals surface area contributed by atoms with Gasteiger partial charge in [0.2, 0.25) is 5.91 Å². The van der Waals surface area contributed by atoms with E-state index in [0.717, 1.165) is 24.6 Å². The molecule has 25 heavy (non-hydrogen) atoms. The smallest absolute Gasteiger partial charge is 0.267 e. The number of carbonyl (C=O) groups is 2. The van der Waals surface area contributed by atoms with Crippen molar-refractivity contribution in [1.82, 2.24) is 5.32 Å². The standard InChI is InChI=1S/C18H24N4O3/c19-17(23)16-11-15(21-22(16)14-5-2-1-3-6-14)18(24)20-9-4-10-25-12-13-7-8-13/h1-3,5-6,13,16H,4,7-12H2,(H2,19,23)(H,20,24)/t16-/m0/s1. The fraction of sp³-hybridized carbons (Fsp3) is 0.500. The van der Waals surface area contributed by atoms with Crippen LogP contribution in [0, 0.1) is 5.92 Å². The summed E-state index contributed by atoms with van der Waals surface area (Å²) in [6.07, 6.45) is 3.52. The van der Waals surface area contributed by atoms with Crippen LogP contribution in [-0.4, -0.2) is 43.3 Å². The first kappa shape index (κ1) is 17.4. The number of hydrogen-bond acceptors (Lipinski definition) is 5. The Morgan fingerprint density at radius 1 is 1.28 bits per heavy atom. The fourth-order valence-electron chi connectivity index (χ4n) is 2.70. The summed E-state index contributed by atoms with van der Waals surface area (Å²) >= 11 is 0. The maximum atomic E-state index is 12.3. The number of benzene rings is 1. The molecular formula is C18H24N4O3. The van der Waals surface area contributed by atoms with Gasteiger partial charge in [0.25, 0.3) is 5.91 Å². The molecule has 2 amide bonds. The summed E-state index contributed by atoms with van der Waals surface area (Å²) in [5.74, 6) is -0.00658. The van der Waals surface area contributed by atoms with Gasteiger partial charge >= 0.3 is 0 Å². The van der Waals surface area contributed by atoms with Crippen LogP contribution in [0.4, 0.5) is 5.69 Å². The third-order valence-electron chi connectivity index (χ3n) is 4.32. The highest BCUT2D eigenvalue weighted by Gasteiger charge is 2.34. The minimum absolute atomic E-state index is 0.217. The number of amides is 2. The first-order valence-electron chi connectivity index (χ1n) is 8.72. The third kappa shape index (κ3) is 4.79. The first-order chi connectivity index (χ1) is 12.1. The van der Waals surface area contributed by atoms with Gasteiger partial charge in [-0.3, -0.25) is 14.6 Å². The van der Waals surface area contributed by atoms with Crippen molar-refractivity contribution >= 4 is 23.2 Å². The van der Waals surface area contributed by atoms with Crippen LogP contribution in [0.15, 0.2) is 35.4 Å². The number of nitrogens with one attached hydrogen (secondary N) is 1. The Kier molecular flexibility index (Phi) is 5.65. The van der Waals surface area contributed by atoms with E-state index in [0.29, 0.717) is 18.9 Å². The number of hydrazone groups is 1. The number of para-hydroxylation sites is 1. The van der Waals surface area contributed by atoms with Crippen molar-refractivity contribution in [2.24, 2.45) is 16.8 Å². The van der Waals surface area contributed by atoms with Gasteiger partial charge in [0, 0.05) is 26.2 Å². The zero-order chi connectivity index (χ0) is 17.6. The summed E-state index contributed by atoms with van der Waals surface area (Å²) in [4.78, 5) is 24.0. The normalized spacial score (nSPS) is 19.6. The molecule has 0 radical (unpaired) electrons. The molecule has 0 bridgehead atoms. The van der Waals surface area contributed by atoms with E-state index >= 15 is 0 Å². The summed E-state index contributed by atoms with van der Waals surface area (Å²) in [6.45, 7) is 1.99. The van der Waals surface area contributed by atoms with Gasteiger partial charge in [-0.25, -0.2) is 0 Å².